The normalized spacial score (nSPS) is 18.0. The molecule has 6 heteroatoms. The molecular formula is C35H37N5O. The summed E-state index contributed by atoms with van der Waals surface area (Å²) in [5.41, 5.74) is 5.42. The monoisotopic (exact) mass is 543 g/mol. The summed E-state index contributed by atoms with van der Waals surface area (Å²) in [4.78, 5) is 23.9. The smallest absolute Gasteiger partial charge is 0.254 e. The van der Waals surface area contributed by atoms with Crippen molar-refractivity contribution in [2.24, 2.45) is 0 Å². The number of anilines is 1. The number of nitriles is 1. The Morgan fingerprint density at radius 3 is 2.49 bits per heavy atom. The lowest BCUT2D eigenvalue weighted by atomic mass is 9.99. The molecule has 3 aromatic carbocycles. The predicted molar refractivity (Wildman–Crippen MR) is 165 cm³/mol. The van der Waals surface area contributed by atoms with Crippen LogP contribution in [-0.4, -0.2) is 59.5 Å². The van der Waals surface area contributed by atoms with Gasteiger partial charge in [0, 0.05) is 31.1 Å². The fourth-order valence-corrected chi connectivity index (χ4v) is 6.28. The third kappa shape index (κ3) is 5.96. The highest BCUT2D eigenvalue weighted by Gasteiger charge is 2.32. The van der Waals surface area contributed by atoms with Crippen molar-refractivity contribution in [3.63, 3.8) is 0 Å². The summed E-state index contributed by atoms with van der Waals surface area (Å²) < 4.78 is 0. The molecule has 1 amide bonds. The predicted octanol–water partition coefficient (Wildman–Crippen LogP) is 6.69. The van der Waals surface area contributed by atoms with E-state index in [-0.39, 0.29) is 11.9 Å². The Bertz CT molecular complexity index is 1550. The third-order valence-electron chi connectivity index (χ3n) is 8.65. The molecule has 0 radical (unpaired) electrons. The van der Waals surface area contributed by atoms with Crippen LogP contribution >= 0.6 is 0 Å². The van der Waals surface area contributed by atoms with E-state index < -0.39 is 0 Å². The van der Waals surface area contributed by atoms with E-state index in [0.29, 0.717) is 17.0 Å². The quantitative estimate of drug-likeness (QED) is 0.268. The first kappa shape index (κ1) is 27.0. The van der Waals surface area contributed by atoms with E-state index in [2.05, 4.69) is 58.4 Å². The Labute approximate surface area is 242 Å². The molecule has 2 atom stereocenters. The number of carbonyl (C=O) groups excluding carboxylic acids is 1. The number of rotatable bonds is 8. The second-order valence-corrected chi connectivity index (χ2v) is 11.5. The molecule has 0 bridgehead atoms. The lowest BCUT2D eigenvalue weighted by molar-refractivity contribution is 0.0710. The number of amides is 1. The summed E-state index contributed by atoms with van der Waals surface area (Å²) in [5.74, 6) is 1.12. The van der Waals surface area contributed by atoms with Crippen LogP contribution in [0.1, 0.15) is 60.0 Å². The molecule has 3 heterocycles. The Hall–Kier alpha value is -4.21. The Morgan fingerprint density at radius 1 is 0.976 bits per heavy atom. The van der Waals surface area contributed by atoms with Gasteiger partial charge in [0.1, 0.15) is 5.82 Å². The van der Waals surface area contributed by atoms with Gasteiger partial charge in [0.05, 0.1) is 22.7 Å². The maximum atomic E-state index is 14.3. The van der Waals surface area contributed by atoms with Gasteiger partial charge in [0.15, 0.2) is 0 Å². The fraction of sp³-hybridized carbons (Fsp3) is 0.343. The van der Waals surface area contributed by atoms with E-state index >= 15 is 0 Å². The summed E-state index contributed by atoms with van der Waals surface area (Å²) in [6, 6.07) is 28.6. The minimum absolute atomic E-state index is 0.0928. The maximum Gasteiger partial charge on any atom is 0.254 e. The summed E-state index contributed by atoms with van der Waals surface area (Å²) in [6.45, 7) is 6.96. The summed E-state index contributed by atoms with van der Waals surface area (Å²) in [5, 5.41) is 13.6. The standard InChI is InChI=1S/C35H37N5O/c1-25(27-8-3-2-4-9-27)23-37-34-21-32(35(41)40-19-7-10-30(40)24-39-17-5-6-18-39)31-20-29(15-16-33(31)38-34)28-13-11-26(22-36)12-14-28/h2-4,8-9,11-16,20-21,25,30H,5-7,10,17-19,23-24H2,1H3,(H,37,38)/t25-,30-/m0/s1. The molecule has 0 spiro atoms. The van der Waals surface area contributed by atoms with Crippen molar-refractivity contribution in [2.75, 3.05) is 38.0 Å². The Balaban J connectivity index is 1.34. The number of fused-ring (bicyclic) bond motifs is 1. The molecule has 1 N–H and O–H groups in total. The first-order valence-electron chi connectivity index (χ1n) is 14.9. The summed E-state index contributed by atoms with van der Waals surface area (Å²) >= 11 is 0. The number of benzene rings is 3. The van der Waals surface area contributed by atoms with E-state index in [4.69, 9.17) is 4.98 Å². The molecule has 41 heavy (non-hydrogen) atoms. The lowest BCUT2D eigenvalue weighted by Crippen LogP contribution is -2.42. The van der Waals surface area contributed by atoms with E-state index in [1.54, 1.807) is 0 Å². The van der Waals surface area contributed by atoms with Crippen LogP contribution in [0.2, 0.25) is 0 Å². The first-order chi connectivity index (χ1) is 20.1. The van der Waals surface area contributed by atoms with E-state index in [1.165, 1.54) is 18.4 Å². The van der Waals surface area contributed by atoms with Gasteiger partial charge in [-0.25, -0.2) is 4.98 Å². The summed E-state index contributed by atoms with van der Waals surface area (Å²) in [7, 11) is 0. The highest BCUT2D eigenvalue weighted by atomic mass is 16.2. The topological polar surface area (TPSA) is 72.3 Å². The van der Waals surface area contributed by atoms with E-state index in [1.807, 2.05) is 48.5 Å². The molecule has 6 rings (SSSR count). The number of hydrogen-bond acceptors (Lipinski definition) is 5. The first-order valence-corrected chi connectivity index (χ1v) is 14.9. The average molecular weight is 544 g/mol. The Kier molecular flexibility index (Phi) is 7.98. The molecule has 208 valence electrons. The molecule has 2 aliphatic heterocycles. The van der Waals surface area contributed by atoms with Gasteiger partial charge < -0.3 is 15.1 Å². The number of nitrogens with one attached hydrogen (secondary N) is 1. The molecule has 2 fully saturated rings. The van der Waals surface area contributed by atoms with Crippen LogP contribution in [0, 0.1) is 11.3 Å². The van der Waals surface area contributed by atoms with Gasteiger partial charge in [-0.3, -0.25) is 4.79 Å². The number of pyridine rings is 1. The van der Waals surface area contributed by atoms with Crippen molar-refractivity contribution in [3.8, 4) is 17.2 Å². The third-order valence-corrected chi connectivity index (χ3v) is 8.65. The van der Waals surface area contributed by atoms with Gasteiger partial charge in [-0.05, 0) is 91.7 Å². The van der Waals surface area contributed by atoms with Crippen LogP contribution in [0.5, 0.6) is 0 Å². The van der Waals surface area contributed by atoms with Crippen molar-refractivity contribution < 1.29 is 4.79 Å². The zero-order chi connectivity index (χ0) is 28.2. The van der Waals surface area contributed by atoms with Crippen LogP contribution < -0.4 is 5.32 Å². The van der Waals surface area contributed by atoms with Crippen LogP contribution in [-0.2, 0) is 0 Å². The number of aromatic nitrogens is 1. The van der Waals surface area contributed by atoms with Gasteiger partial charge in [-0.1, -0.05) is 55.5 Å². The minimum Gasteiger partial charge on any atom is -0.369 e. The number of likely N-dealkylation sites (tertiary alicyclic amines) is 2. The average Bonchev–Trinajstić information content (AvgIpc) is 3.72. The SMILES string of the molecule is C[C@@H](CNc1cc(C(=O)N2CCC[C@H]2CN2CCCC2)c2cc(-c3ccc(C#N)cc3)ccc2n1)c1ccccc1. The second kappa shape index (κ2) is 12.1. The van der Waals surface area contributed by atoms with Crippen LogP contribution in [0.15, 0.2) is 78.9 Å². The number of hydrogen-bond donors (Lipinski definition) is 1. The molecule has 0 aliphatic carbocycles. The van der Waals surface area contributed by atoms with Crippen LogP contribution in [0.4, 0.5) is 5.82 Å². The van der Waals surface area contributed by atoms with Crippen LogP contribution in [0.3, 0.4) is 0 Å². The molecule has 6 nitrogen and oxygen atoms in total. The maximum absolute atomic E-state index is 14.3. The highest BCUT2D eigenvalue weighted by molar-refractivity contribution is 6.08. The molecule has 0 unspecified atom stereocenters. The van der Waals surface area contributed by atoms with Gasteiger partial charge in [0.25, 0.3) is 5.91 Å². The Morgan fingerprint density at radius 2 is 1.73 bits per heavy atom. The van der Waals surface area contributed by atoms with Gasteiger partial charge in [-0.15, -0.1) is 0 Å². The lowest BCUT2D eigenvalue weighted by Gasteiger charge is -2.29. The van der Waals surface area contributed by atoms with Crippen molar-refractivity contribution >= 4 is 22.6 Å². The zero-order valence-corrected chi connectivity index (χ0v) is 23.7. The van der Waals surface area contributed by atoms with Gasteiger partial charge in [0.2, 0.25) is 0 Å². The molecular weight excluding hydrogens is 506 g/mol. The number of carbonyl (C=O) groups is 1. The van der Waals surface area contributed by atoms with Crippen molar-refractivity contribution in [3.05, 3.63) is 95.6 Å². The molecule has 2 saturated heterocycles. The zero-order valence-electron chi connectivity index (χ0n) is 23.7. The van der Waals surface area contributed by atoms with E-state index in [0.717, 1.165) is 73.4 Å². The number of nitrogens with zero attached hydrogens (tertiary/aromatic N) is 4. The van der Waals surface area contributed by atoms with Crippen molar-refractivity contribution in [1.82, 2.24) is 14.8 Å². The fourth-order valence-electron chi connectivity index (χ4n) is 6.28. The molecule has 4 aromatic rings. The van der Waals surface area contributed by atoms with E-state index in [9.17, 15) is 10.1 Å². The van der Waals surface area contributed by atoms with Crippen LogP contribution in [0.25, 0.3) is 22.0 Å². The van der Waals surface area contributed by atoms with Gasteiger partial charge >= 0.3 is 0 Å². The van der Waals surface area contributed by atoms with Crippen molar-refractivity contribution in [2.45, 2.75) is 44.6 Å². The summed E-state index contributed by atoms with van der Waals surface area (Å²) in [6.07, 6.45) is 4.61. The highest BCUT2D eigenvalue weighted by Crippen LogP contribution is 2.31. The molecule has 0 saturated carbocycles. The second-order valence-electron chi connectivity index (χ2n) is 11.5. The molecule has 2 aliphatic rings. The molecule has 1 aromatic heterocycles. The van der Waals surface area contributed by atoms with Crippen molar-refractivity contribution in [1.29, 1.82) is 5.26 Å². The minimum atomic E-state index is 0.0928. The largest absolute Gasteiger partial charge is 0.369 e. The van der Waals surface area contributed by atoms with Gasteiger partial charge in [-0.2, -0.15) is 5.26 Å².